The normalized spacial score (nSPS) is 12.2. The van der Waals surface area contributed by atoms with E-state index in [1.165, 1.54) is 18.2 Å². The van der Waals surface area contributed by atoms with Crippen molar-refractivity contribution in [3.8, 4) is 10.9 Å². The van der Waals surface area contributed by atoms with E-state index in [0.29, 0.717) is 23.3 Å². The lowest BCUT2D eigenvalue weighted by atomic mass is 10.1. The van der Waals surface area contributed by atoms with Gasteiger partial charge >= 0.3 is 6.09 Å². The quantitative estimate of drug-likeness (QED) is 0.330. The van der Waals surface area contributed by atoms with Crippen molar-refractivity contribution in [3.63, 3.8) is 0 Å². The number of likely N-dealkylation sites (N-methyl/N-ethyl adjacent to an activating group) is 1. The number of rotatable bonds is 9. The maximum Gasteiger partial charge on any atom is 0.414 e. The first kappa shape index (κ1) is 25.4. The minimum absolute atomic E-state index is 0.0751. The van der Waals surface area contributed by atoms with Crippen molar-refractivity contribution in [2.24, 2.45) is 0 Å². The molecule has 0 radical (unpaired) electrons. The number of halogens is 4. The molecule has 1 atom stereocenters. The summed E-state index contributed by atoms with van der Waals surface area (Å²) in [6.45, 7) is 8.57. The molecule has 0 aliphatic heterocycles. The summed E-state index contributed by atoms with van der Waals surface area (Å²) in [5.41, 5.74) is 0.526. The zero-order valence-corrected chi connectivity index (χ0v) is 20.6. The molecule has 0 bridgehead atoms. The van der Waals surface area contributed by atoms with Gasteiger partial charge in [-0.15, -0.1) is 0 Å². The van der Waals surface area contributed by atoms with Crippen LogP contribution in [-0.4, -0.2) is 42.2 Å². The maximum absolute atomic E-state index is 14.6. The Labute approximate surface area is 204 Å². The fraction of sp³-hybridized carbons (Fsp3) is 0.364. The molecule has 1 aromatic heterocycles. The average Bonchev–Trinajstić information content (AvgIpc) is 3.15. The Morgan fingerprint density at radius 3 is 2.64 bits per heavy atom. The average molecular weight is 518 g/mol. The lowest BCUT2D eigenvalue weighted by Gasteiger charge is -2.18. The molecule has 1 amide bonds. The molecule has 6 nitrogen and oxygen atoms in total. The number of nitrogens with one attached hydrogen (secondary N) is 1. The Balaban J connectivity index is 1.71. The van der Waals surface area contributed by atoms with Gasteiger partial charge in [0.15, 0.2) is 11.6 Å². The molecule has 0 saturated heterocycles. The zero-order valence-electron chi connectivity index (χ0n) is 18.3. The number of benzene rings is 2. The monoisotopic (exact) mass is 517 g/mol. The van der Waals surface area contributed by atoms with Crippen LogP contribution in [0.3, 0.4) is 0 Å². The van der Waals surface area contributed by atoms with Gasteiger partial charge in [-0.1, -0.05) is 48.4 Å². The number of carbonyl (C=O) groups excluding carboxylic acids is 1. The van der Waals surface area contributed by atoms with E-state index >= 15 is 0 Å². The van der Waals surface area contributed by atoms with Crippen LogP contribution in [0.15, 0.2) is 24.3 Å². The van der Waals surface area contributed by atoms with Gasteiger partial charge in [0.05, 0.1) is 15.2 Å². The van der Waals surface area contributed by atoms with Crippen molar-refractivity contribution in [1.82, 2.24) is 15.2 Å². The van der Waals surface area contributed by atoms with Crippen molar-refractivity contribution < 1.29 is 23.0 Å². The van der Waals surface area contributed by atoms with Crippen LogP contribution in [0.1, 0.15) is 32.4 Å². The molecule has 3 rings (SSSR count). The summed E-state index contributed by atoms with van der Waals surface area (Å²) in [5, 5.41) is 2.76. The van der Waals surface area contributed by atoms with Crippen LogP contribution < -0.4 is 14.8 Å². The number of hydrogen-bond acceptors (Lipinski definition) is 6. The van der Waals surface area contributed by atoms with E-state index in [1.807, 2.05) is 13.8 Å². The Kier molecular flexibility index (Phi) is 8.69. The predicted molar refractivity (Wildman–Crippen MR) is 127 cm³/mol. The first-order valence-corrected chi connectivity index (χ1v) is 11.9. The highest BCUT2D eigenvalue weighted by Crippen LogP contribution is 2.38. The number of aromatic nitrogens is 1. The van der Waals surface area contributed by atoms with Crippen LogP contribution in [0.2, 0.25) is 10.0 Å². The van der Waals surface area contributed by atoms with E-state index in [0.717, 1.165) is 30.5 Å². The second kappa shape index (κ2) is 11.3. The number of nitrogens with zero attached hydrogens (tertiary/aromatic N) is 2. The molecule has 11 heteroatoms. The van der Waals surface area contributed by atoms with E-state index < -0.39 is 23.8 Å². The fourth-order valence-electron chi connectivity index (χ4n) is 3.18. The summed E-state index contributed by atoms with van der Waals surface area (Å²) in [6, 6.07) is 5.11. The molecule has 0 saturated carbocycles. The van der Waals surface area contributed by atoms with Crippen LogP contribution >= 0.6 is 34.5 Å². The maximum atomic E-state index is 14.6. The third kappa shape index (κ3) is 6.23. The van der Waals surface area contributed by atoms with Gasteiger partial charge in [0.2, 0.25) is 0 Å². The third-order valence-electron chi connectivity index (χ3n) is 4.98. The first-order valence-electron chi connectivity index (χ1n) is 10.3. The topological polar surface area (TPSA) is 63.7 Å². The molecule has 1 unspecified atom stereocenters. The van der Waals surface area contributed by atoms with E-state index in [4.69, 9.17) is 32.7 Å². The number of amides is 1. The highest BCUT2D eigenvalue weighted by atomic mass is 35.5. The van der Waals surface area contributed by atoms with E-state index in [2.05, 4.69) is 15.2 Å². The van der Waals surface area contributed by atoms with Crippen molar-refractivity contribution in [2.45, 2.75) is 26.9 Å². The minimum atomic E-state index is -0.826. The van der Waals surface area contributed by atoms with E-state index in [9.17, 15) is 13.6 Å². The zero-order chi connectivity index (χ0) is 24.1. The lowest BCUT2D eigenvalue weighted by molar-refractivity contribution is 0.197. The molecule has 0 aliphatic carbocycles. The lowest BCUT2D eigenvalue weighted by Crippen LogP contribution is -2.36. The van der Waals surface area contributed by atoms with Gasteiger partial charge in [-0.25, -0.2) is 18.6 Å². The molecule has 1 heterocycles. The third-order valence-corrected chi connectivity index (χ3v) is 6.59. The molecular formula is C22H23Cl2F2N3O3S. The summed E-state index contributed by atoms with van der Waals surface area (Å²) in [5.74, 6) is -1.43. The number of thiazole rings is 1. The number of carbonyl (C=O) groups is 1. The largest absolute Gasteiger partial charge is 0.483 e. The van der Waals surface area contributed by atoms with E-state index in [1.54, 1.807) is 6.92 Å². The summed E-state index contributed by atoms with van der Waals surface area (Å²) in [7, 11) is 0. The summed E-state index contributed by atoms with van der Waals surface area (Å²) >= 11 is 13.2. The van der Waals surface area contributed by atoms with Crippen molar-refractivity contribution in [1.29, 1.82) is 0 Å². The SMILES string of the molecule is CCN(CC)CCNC(=O)Oc1nc2cc(F)c(OC(C)c3c(Cl)ccc(F)c3Cl)cc2s1. The number of hydrogen-bond donors (Lipinski definition) is 1. The van der Waals surface area contributed by atoms with Crippen LogP contribution in [-0.2, 0) is 0 Å². The van der Waals surface area contributed by atoms with Gasteiger partial charge < -0.3 is 19.7 Å². The second-order valence-electron chi connectivity index (χ2n) is 7.09. The second-order valence-corrected chi connectivity index (χ2v) is 8.87. The molecule has 3 aromatic rings. The Bertz CT molecular complexity index is 1140. The molecule has 0 fully saturated rings. The Morgan fingerprint density at radius 1 is 1.21 bits per heavy atom. The van der Waals surface area contributed by atoms with Crippen molar-refractivity contribution in [3.05, 3.63) is 51.5 Å². The van der Waals surface area contributed by atoms with Gasteiger partial charge in [-0.05, 0) is 32.1 Å². The number of ether oxygens (including phenoxy) is 2. The van der Waals surface area contributed by atoms with Crippen LogP contribution in [0.25, 0.3) is 10.2 Å². The Morgan fingerprint density at radius 2 is 1.94 bits per heavy atom. The van der Waals surface area contributed by atoms with E-state index in [-0.39, 0.29) is 26.6 Å². The molecule has 0 spiro atoms. The van der Waals surface area contributed by atoms with Gasteiger partial charge in [-0.2, -0.15) is 0 Å². The standard InChI is InChI=1S/C22H23Cl2F2N3O3S/c1-4-29(5-2)9-8-27-21(30)32-22-28-16-10-15(26)17(11-18(16)33-22)31-12(3)19-13(23)6-7-14(25)20(19)24/h6-7,10-12H,4-5,8-9H2,1-3H3,(H,27,30). The minimum Gasteiger partial charge on any atom is -0.483 e. The van der Waals surface area contributed by atoms with Gasteiger partial charge in [-0.3, -0.25) is 0 Å². The highest BCUT2D eigenvalue weighted by Gasteiger charge is 2.21. The predicted octanol–water partition coefficient (Wildman–Crippen LogP) is 6.45. The van der Waals surface area contributed by atoms with Crippen LogP contribution in [0, 0.1) is 11.6 Å². The summed E-state index contributed by atoms with van der Waals surface area (Å²) in [6.07, 6.45) is -1.46. The Hall–Kier alpha value is -2.20. The van der Waals surface area contributed by atoms with Crippen molar-refractivity contribution >= 4 is 50.8 Å². The molecule has 2 aromatic carbocycles. The highest BCUT2D eigenvalue weighted by molar-refractivity contribution is 7.20. The molecular weight excluding hydrogens is 495 g/mol. The molecule has 1 N–H and O–H groups in total. The van der Waals surface area contributed by atoms with Crippen LogP contribution in [0.5, 0.6) is 10.9 Å². The van der Waals surface area contributed by atoms with Gasteiger partial charge in [0, 0.05) is 35.8 Å². The van der Waals surface area contributed by atoms with Crippen molar-refractivity contribution in [2.75, 3.05) is 26.2 Å². The first-order chi connectivity index (χ1) is 15.7. The molecule has 0 aliphatic rings. The summed E-state index contributed by atoms with van der Waals surface area (Å²) in [4.78, 5) is 18.3. The van der Waals surface area contributed by atoms with Crippen LogP contribution in [0.4, 0.5) is 13.6 Å². The van der Waals surface area contributed by atoms with Gasteiger partial charge in [0.1, 0.15) is 11.9 Å². The fourth-order valence-corrected chi connectivity index (χ4v) is 4.68. The van der Waals surface area contributed by atoms with Gasteiger partial charge in [0.25, 0.3) is 5.19 Å². The number of fused-ring (bicyclic) bond motifs is 1. The summed E-state index contributed by atoms with van der Waals surface area (Å²) < 4.78 is 39.9. The molecule has 178 valence electrons. The smallest absolute Gasteiger partial charge is 0.414 e. The molecule has 33 heavy (non-hydrogen) atoms.